The quantitative estimate of drug-likeness (QED) is 0.821. The molecule has 0 aromatic carbocycles. The molecule has 7 nitrogen and oxygen atoms in total. The number of H-pyrrole nitrogens is 1. The number of nitrogens with two attached hydrogens (primary N) is 1. The molecule has 2 saturated heterocycles. The highest BCUT2D eigenvalue weighted by Gasteiger charge is 2.36. The van der Waals surface area contributed by atoms with Gasteiger partial charge in [0.25, 0.3) is 0 Å². The predicted octanol–water partition coefficient (Wildman–Crippen LogP) is 0.0356. The summed E-state index contributed by atoms with van der Waals surface area (Å²) in [4.78, 5) is 2.69. The molecule has 3 N–H and O–H groups in total. The highest BCUT2D eigenvalue weighted by Crippen LogP contribution is 2.27. The Morgan fingerprint density at radius 2 is 2.10 bits per heavy atom. The van der Waals surface area contributed by atoms with E-state index >= 15 is 0 Å². The standard InChI is InChI=1S/C13H23N5O2S/c1-10-13(12(8-14)16-15-10)21(19,20)18-7-3-6-17-5-2-4-11(17)9-18/h11H,2-9,14H2,1H3,(H,15,16). The van der Waals surface area contributed by atoms with E-state index in [2.05, 4.69) is 15.1 Å². The molecule has 1 atom stereocenters. The van der Waals surface area contributed by atoms with Gasteiger partial charge in [0.2, 0.25) is 10.0 Å². The monoisotopic (exact) mass is 313 g/mol. The number of hydrogen-bond acceptors (Lipinski definition) is 5. The van der Waals surface area contributed by atoms with Gasteiger partial charge in [-0.1, -0.05) is 0 Å². The SMILES string of the molecule is Cc1[nH]nc(CN)c1S(=O)(=O)N1CCCN2CCCC2C1. The number of nitrogens with one attached hydrogen (secondary N) is 1. The van der Waals surface area contributed by atoms with Gasteiger partial charge in [-0.05, 0) is 39.3 Å². The zero-order chi connectivity index (χ0) is 15.0. The molecule has 118 valence electrons. The molecule has 0 aliphatic carbocycles. The lowest BCUT2D eigenvalue weighted by Crippen LogP contribution is -2.40. The van der Waals surface area contributed by atoms with Crippen molar-refractivity contribution in [3.8, 4) is 0 Å². The van der Waals surface area contributed by atoms with Gasteiger partial charge in [-0.3, -0.25) is 10.00 Å². The van der Waals surface area contributed by atoms with Gasteiger partial charge in [0.05, 0.1) is 11.4 Å². The van der Waals surface area contributed by atoms with Gasteiger partial charge < -0.3 is 5.73 Å². The molecule has 21 heavy (non-hydrogen) atoms. The van der Waals surface area contributed by atoms with Crippen LogP contribution in [0.3, 0.4) is 0 Å². The maximum absolute atomic E-state index is 13.0. The van der Waals surface area contributed by atoms with Crippen molar-refractivity contribution in [2.24, 2.45) is 5.73 Å². The largest absolute Gasteiger partial charge is 0.325 e. The zero-order valence-corrected chi connectivity index (χ0v) is 13.2. The summed E-state index contributed by atoms with van der Waals surface area (Å²) in [6, 6.07) is 0.357. The van der Waals surface area contributed by atoms with Crippen molar-refractivity contribution in [2.45, 2.75) is 43.7 Å². The minimum Gasteiger partial charge on any atom is -0.325 e. The number of fused-ring (bicyclic) bond motifs is 1. The normalized spacial score (nSPS) is 25.0. The average molecular weight is 313 g/mol. The fraction of sp³-hybridized carbons (Fsp3) is 0.769. The van der Waals surface area contributed by atoms with Crippen LogP contribution in [0.25, 0.3) is 0 Å². The number of nitrogens with zero attached hydrogens (tertiary/aromatic N) is 3. The second kappa shape index (κ2) is 5.68. The van der Waals surface area contributed by atoms with Crippen LogP contribution in [0.15, 0.2) is 4.90 Å². The number of rotatable bonds is 3. The lowest BCUT2D eigenvalue weighted by atomic mass is 10.2. The van der Waals surface area contributed by atoms with E-state index in [4.69, 9.17) is 5.73 Å². The lowest BCUT2D eigenvalue weighted by Gasteiger charge is -2.25. The Hall–Kier alpha value is -0.960. The molecule has 0 radical (unpaired) electrons. The minimum atomic E-state index is -3.52. The third-order valence-electron chi connectivity index (χ3n) is 4.52. The summed E-state index contributed by atoms with van der Waals surface area (Å²) in [7, 11) is -3.52. The number of sulfonamides is 1. The number of aryl methyl sites for hydroxylation is 1. The van der Waals surface area contributed by atoms with Gasteiger partial charge in [-0.2, -0.15) is 9.40 Å². The molecule has 1 unspecified atom stereocenters. The van der Waals surface area contributed by atoms with Crippen LogP contribution in [0, 0.1) is 6.92 Å². The first kappa shape index (κ1) is 15.0. The summed E-state index contributed by atoms with van der Waals surface area (Å²) in [5, 5.41) is 6.77. The van der Waals surface area contributed by atoms with Gasteiger partial charge in [0.1, 0.15) is 4.90 Å². The van der Waals surface area contributed by atoms with Crippen LogP contribution >= 0.6 is 0 Å². The molecule has 8 heteroatoms. The molecule has 0 saturated carbocycles. The highest BCUT2D eigenvalue weighted by molar-refractivity contribution is 7.89. The Labute approximate surface area is 125 Å². The van der Waals surface area contributed by atoms with E-state index in [1.54, 1.807) is 11.2 Å². The van der Waals surface area contributed by atoms with Crippen LogP contribution in [0.2, 0.25) is 0 Å². The van der Waals surface area contributed by atoms with Crippen LogP contribution in [0.1, 0.15) is 30.7 Å². The molecule has 0 spiro atoms. The second-order valence-corrected chi connectivity index (χ2v) is 7.75. The first-order valence-electron chi connectivity index (χ1n) is 7.52. The Morgan fingerprint density at radius 3 is 2.86 bits per heavy atom. The number of aromatic nitrogens is 2. The summed E-state index contributed by atoms with van der Waals surface area (Å²) in [6.07, 6.45) is 3.13. The fourth-order valence-corrected chi connectivity index (χ4v) is 5.33. The Morgan fingerprint density at radius 1 is 1.33 bits per heavy atom. The first-order chi connectivity index (χ1) is 10.0. The maximum Gasteiger partial charge on any atom is 0.246 e. The van der Waals surface area contributed by atoms with Crippen LogP contribution in [0.5, 0.6) is 0 Å². The molecule has 0 bridgehead atoms. The summed E-state index contributed by atoms with van der Waals surface area (Å²) in [5.41, 5.74) is 6.64. The van der Waals surface area contributed by atoms with Crippen molar-refractivity contribution >= 4 is 10.0 Å². The predicted molar refractivity (Wildman–Crippen MR) is 79.2 cm³/mol. The van der Waals surface area contributed by atoms with Gasteiger partial charge >= 0.3 is 0 Å². The molecule has 1 aromatic heterocycles. The van der Waals surface area contributed by atoms with Crippen LogP contribution < -0.4 is 5.73 Å². The molecule has 3 rings (SSSR count). The Bertz CT molecular complexity index is 612. The molecular weight excluding hydrogens is 290 g/mol. The molecular formula is C13H23N5O2S. The fourth-order valence-electron chi connectivity index (χ4n) is 3.47. The van der Waals surface area contributed by atoms with Gasteiger partial charge in [-0.15, -0.1) is 0 Å². The number of aromatic amines is 1. The van der Waals surface area contributed by atoms with E-state index in [0.717, 1.165) is 32.4 Å². The molecule has 3 heterocycles. The van der Waals surface area contributed by atoms with Crippen LogP contribution in [-0.4, -0.2) is 60.0 Å². The van der Waals surface area contributed by atoms with Crippen molar-refractivity contribution in [3.63, 3.8) is 0 Å². The zero-order valence-electron chi connectivity index (χ0n) is 12.4. The van der Waals surface area contributed by atoms with Crippen molar-refractivity contribution in [1.82, 2.24) is 19.4 Å². The van der Waals surface area contributed by atoms with E-state index in [1.165, 1.54) is 0 Å². The minimum absolute atomic E-state index is 0.127. The Balaban J connectivity index is 1.92. The lowest BCUT2D eigenvalue weighted by molar-refractivity contribution is 0.257. The summed E-state index contributed by atoms with van der Waals surface area (Å²) in [6.45, 7) is 5.10. The Kier molecular flexibility index (Phi) is 4.04. The van der Waals surface area contributed by atoms with Gasteiger partial charge in [0.15, 0.2) is 0 Å². The summed E-state index contributed by atoms with van der Waals surface area (Å²) >= 11 is 0. The van der Waals surface area contributed by atoms with Crippen LogP contribution in [-0.2, 0) is 16.6 Å². The molecule has 1 aromatic rings. The van der Waals surface area contributed by atoms with Crippen molar-refractivity contribution in [2.75, 3.05) is 26.2 Å². The number of hydrogen-bond donors (Lipinski definition) is 2. The highest BCUT2D eigenvalue weighted by atomic mass is 32.2. The first-order valence-corrected chi connectivity index (χ1v) is 8.96. The molecule has 2 fully saturated rings. The maximum atomic E-state index is 13.0. The van der Waals surface area contributed by atoms with Gasteiger partial charge in [0, 0.05) is 25.7 Å². The van der Waals surface area contributed by atoms with Crippen molar-refractivity contribution < 1.29 is 8.42 Å². The smallest absolute Gasteiger partial charge is 0.246 e. The van der Waals surface area contributed by atoms with E-state index in [1.807, 2.05) is 0 Å². The third kappa shape index (κ3) is 2.61. The summed E-state index contributed by atoms with van der Waals surface area (Å²) < 4.78 is 27.6. The molecule has 0 amide bonds. The third-order valence-corrected chi connectivity index (χ3v) is 6.59. The van der Waals surface area contributed by atoms with E-state index in [9.17, 15) is 8.42 Å². The summed E-state index contributed by atoms with van der Waals surface area (Å²) in [5.74, 6) is 0. The van der Waals surface area contributed by atoms with Crippen molar-refractivity contribution in [3.05, 3.63) is 11.4 Å². The van der Waals surface area contributed by atoms with E-state index < -0.39 is 10.0 Å². The van der Waals surface area contributed by atoms with Crippen LogP contribution in [0.4, 0.5) is 0 Å². The van der Waals surface area contributed by atoms with Crippen molar-refractivity contribution in [1.29, 1.82) is 0 Å². The van der Waals surface area contributed by atoms with E-state index in [0.29, 0.717) is 30.5 Å². The second-order valence-electron chi connectivity index (χ2n) is 5.88. The van der Waals surface area contributed by atoms with E-state index in [-0.39, 0.29) is 11.4 Å². The average Bonchev–Trinajstić information content (AvgIpc) is 2.99. The molecule has 2 aliphatic rings. The topological polar surface area (TPSA) is 95.3 Å². The molecule has 2 aliphatic heterocycles. The van der Waals surface area contributed by atoms with Gasteiger partial charge in [-0.25, -0.2) is 8.42 Å².